The molecule has 2 aromatic carbocycles. The van der Waals surface area contributed by atoms with Gasteiger partial charge in [-0.3, -0.25) is 14.5 Å². The molecule has 2 fully saturated rings. The average Bonchev–Trinajstić information content (AvgIpc) is 3.52. The molecule has 14 heteroatoms. The van der Waals surface area contributed by atoms with Crippen molar-refractivity contribution < 1.29 is 27.1 Å². The van der Waals surface area contributed by atoms with Crippen LogP contribution in [-0.2, 0) is 27.9 Å². The van der Waals surface area contributed by atoms with Gasteiger partial charge in [-0.15, -0.1) is 0 Å². The summed E-state index contributed by atoms with van der Waals surface area (Å²) in [6, 6.07) is 12.4. The Morgan fingerprint density at radius 3 is 2.43 bits per heavy atom. The molecule has 0 saturated carbocycles. The fourth-order valence-corrected chi connectivity index (χ4v) is 8.68. The highest BCUT2D eigenvalue weighted by Gasteiger charge is 2.30. The van der Waals surface area contributed by atoms with Gasteiger partial charge in [0, 0.05) is 70.2 Å². The number of halogens is 1. The number of fused-ring (bicyclic) bond motifs is 1. The first-order valence-corrected chi connectivity index (χ1v) is 19.7. The smallest absolute Gasteiger partial charge is 0.257 e. The molecule has 282 valence electrons. The molecule has 3 aliphatic rings. The number of aryl methyl sites for hydroxylation is 1. The zero-order valence-electron chi connectivity index (χ0n) is 30.8. The van der Waals surface area contributed by atoms with Gasteiger partial charge in [0.05, 0.1) is 16.5 Å². The number of nitrogens with zero attached hydrogens (tertiary/aromatic N) is 5. The number of allylic oxidation sites excluding steroid dienone is 3. The Kier molecular flexibility index (Phi) is 11.7. The molecule has 6 rings (SSSR count). The molecule has 1 aromatic heterocycles. The van der Waals surface area contributed by atoms with Crippen molar-refractivity contribution in [1.82, 2.24) is 29.3 Å². The molecular formula is C39H48FN7O5S. The number of Topliss-reactive ketones (excluding diaryl/α,β-unsaturated/α-hetero) is 1. The molecule has 0 unspecified atom stereocenters. The number of nitriles is 1. The van der Waals surface area contributed by atoms with Crippen LogP contribution < -0.4 is 14.8 Å². The lowest BCUT2D eigenvalue weighted by molar-refractivity contribution is -0.117. The number of amides is 1. The average molecular weight is 746 g/mol. The number of carbonyl (C=O) groups is 2. The minimum Gasteiger partial charge on any atom is -0.451 e. The van der Waals surface area contributed by atoms with E-state index in [4.69, 9.17) is 4.74 Å². The Labute approximate surface area is 310 Å². The van der Waals surface area contributed by atoms with Gasteiger partial charge in [-0.1, -0.05) is 12.1 Å². The van der Waals surface area contributed by atoms with Gasteiger partial charge in [0.2, 0.25) is 15.8 Å². The van der Waals surface area contributed by atoms with E-state index in [1.807, 2.05) is 12.1 Å². The van der Waals surface area contributed by atoms with Crippen LogP contribution in [0.2, 0.25) is 0 Å². The van der Waals surface area contributed by atoms with Crippen molar-refractivity contribution in [1.29, 1.82) is 5.26 Å². The number of nitrogens with one attached hydrogen (secondary N) is 2. The maximum atomic E-state index is 14.1. The summed E-state index contributed by atoms with van der Waals surface area (Å²) in [6.45, 7) is 7.38. The second-order valence-electron chi connectivity index (χ2n) is 14.3. The van der Waals surface area contributed by atoms with E-state index in [1.54, 1.807) is 20.2 Å². The van der Waals surface area contributed by atoms with Crippen LogP contribution in [0.5, 0.6) is 5.75 Å². The Morgan fingerprint density at radius 1 is 1.04 bits per heavy atom. The largest absolute Gasteiger partial charge is 0.451 e. The highest BCUT2D eigenvalue weighted by atomic mass is 32.2. The predicted molar refractivity (Wildman–Crippen MR) is 201 cm³/mol. The maximum Gasteiger partial charge on any atom is 0.257 e. The molecule has 0 radical (unpaired) electrons. The lowest BCUT2D eigenvalue weighted by Gasteiger charge is -2.34. The van der Waals surface area contributed by atoms with Crippen molar-refractivity contribution in [2.45, 2.75) is 63.4 Å². The molecule has 12 nitrogen and oxygen atoms in total. The summed E-state index contributed by atoms with van der Waals surface area (Å²) in [5, 5.41) is 14.2. The molecule has 3 heterocycles. The van der Waals surface area contributed by atoms with Gasteiger partial charge in [0.25, 0.3) is 5.91 Å². The summed E-state index contributed by atoms with van der Waals surface area (Å²) in [6.07, 6.45) is 6.67. The van der Waals surface area contributed by atoms with Crippen LogP contribution >= 0.6 is 0 Å². The van der Waals surface area contributed by atoms with Crippen LogP contribution in [0.4, 0.5) is 4.39 Å². The number of rotatable bonds is 12. The van der Waals surface area contributed by atoms with Crippen molar-refractivity contribution in [2.75, 3.05) is 53.9 Å². The number of ketones is 1. The molecule has 0 atom stereocenters. The maximum absolute atomic E-state index is 14.1. The quantitative estimate of drug-likeness (QED) is 0.281. The number of sulfonamides is 1. The first-order valence-electron chi connectivity index (χ1n) is 18.2. The van der Waals surface area contributed by atoms with Crippen LogP contribution in [0.1, 0.15) is 59.3 Å². The minimum absolute atomic E-state index is 0.0450. The molecule has 3 aromatic rings. The van der Waals surface area contributed by atoms with Crippen molar-refractivity contribution in [3.63, 3.8) is 0 Å². The van der Waals surface area contributed by atoms with E-state index in [9.17, 15) is 27.7 Å². The lowest BCUT2D eigenvalue weighted by Crippen LogP contribution is -2.43. The molecule has 1 amide bonds. The monoisotopic (exact) mass is 745 g/mol. The van der Waals surface area contributed by atoms with Gasteiger partial charge in [0.15, 0.2) is 5.76 Å². The van der Waals surface area contributed by atoms with Gasteiger partial charge in [-0.25, -0.2) is 17.5 Å². The van der Waals surface area contributed by atoms with E-state index in [0.717, 1.165) is 61.6 Å². The topological polar surface area (TPSA) is 140 Å². The second kappa shape index (κ2) is 16.2. The minimum atomic E-state index is -3.26. The molecular weight excluding hydrogens is 698 g/mol. The van der Waals surface area contributed by atoms with E-state index in [0.29, 0.717) is 43.9 Å². The number of ether oxygens (including phenoxy) is 1. The fraction of sp³-hybridized carbons (Fsp3) is 0.462. The molecule has 0 bridgehead atoms. The first-order chi connectivity index (χ1) is 25.4. The van der Waals surface area contributed by atoms with Gasteiger partial charge in [0.1, 0.15) is 23.3 Å². The van der Waals surface area contributed by atoms with Gasteiger partial charge in [-0.05, 0) is 100 Å². The van der Waals surface area contributed by atoms with Gasteiger partial charge < -0.3 is 24.4 Å². The van der Waals surface area contributed by atoms with Crippen molar-refractivity contribution in [3.05, 3.63) is 88.2 Å². The van der Waals surface area contributed by atoms with Crippen molar-refractivity contribution in [2.24, 2.45) is 0 Å². The highest BCUT2D eigenvalue weighted by Crippen LogP contribution is 2.30. The summed E-state index contributed by atoms with van der Waals surface area (Å²) in [5.74, 6) is -0.967. The van der Waals surface area contributed by atoms with E-state index in [1.165, 1.54) is 29.6 Å². The molecule has 2 saturated heterocycles. The normalized spacial score (nSPS) is 18.1. The SMILES string of the molecule is CNS(=O)(=O)C1CCN(CCn2c(C#N)cc3c(C)c(CN4CCC(NC5=C(Oc6ccc(F)cc6C(=O)N(C)C)C(=O)CC=C5)CC4)ccc32)CC1. The van der Waals surface area contributed by atoms with Crippen LogP contribution in [0.3, 0.4) is 0 Å². The number of hydrogen-bond acceptors (Lipinski definition) is 9. The van der Waals surface area contributed by atoms with Crippen LogP contribution in [-0.4, -0.2) is 105 Å². The Hall–Kier alpha value is -4.55. The first kappa shape index (κ1) is 38.2. The van der Waals surface area contributed by atoms with Gasteiger partial charge in [-0.2, -0.15) is 5.26 Å². The summed E-state index contributed by atoms with van der Waals surface area (Å²) in [7, 11) is 1.35. The molecule has 53 heavy (non-hydrogen) atoms. The van der Waals surface area contributed by atoms with Crippen molar-refractivity contribution >= 4 is 32.6 Å². The van der Waals surface area contributed by atoms with E-state index >= 15 is 0 Å². The molecule has 1 aliphatic carbocycles. The number of benzene rings is 2. The Bertz CT molecular complexity index is 2090. The third-order valence-electron chi connectivity index (χ3n) is 10.7. The summed E-state index contributed by atoms with van der Waals surface area (Å²) in [4.78, 5) is 31.8. The van der Waals surface area contributed by atoms with E-state index in [-0.39, 0.29) is 40.6 Å². The second-order valence-corrected chi connectivity index (χ2v) is 16.4. The molecule has 0 spiro atoms. The lowest BCUT2D eigenvalue weighted by atomic mass is 10.00. The number of likely N-dealkylation sites (tertiary alicyclic amines) is 2. The van der Waals surface area contributed by atoms with Gasteiger partial charge >= 0.3 is 0 Å². The number of hydrogen-bond donors (Lipinski definition) is 2. The Balaban J connectivity index is 1.08. The third-order valence-corrected chi connectivity index (χ3v) is 12.6. The summed E-state index contributed by atoms with van der Waals surface area (Å²) >= 11 is 0. The Morgan fingerprint density at radius 2 is 1.75 bits per heavy atom. The molecule has 2 N–H and O–H groups in total. The van der Waals surface area contributed by atoms with Crippen LogP contribution in [0.15, 0.2) is 60.0 Å². The standard InChI is InChI=1S/C39H48FN7O5S/c1-26-27(8-10-35-32(26)23-30(24-41)47(35)21-20-45-18-14-31(15-19-45)53(50,51)42-2)25-46-16-12-29(13-17-46)43-34-6-5-7-36(48)38(34)52-37-11-9-28(40)22-33(37)39(49)44(3)4/h5-6,8-11,22-23,29,31,42-43H,7,12-21,25H2,1-4H3. The zero-order chi connectivity index (χ0) is 37.9. The summed E-state index contributed by atoms with van der Waals surface area (Å²) < 4.78 is 49.1. The zero-order valence-corrected chi connectivity index (χ0v) is 31.6. The highest BCUT2D eigenvalue weighted by molar-refractivity contribution is 7.90. The number of piperidine rings is 2. The van der Waals surface area contributed by atoms with Crippen LogP contribution in [0, 0.1) is 24.1 Å². The number of carbonyl (C=O) groups excluding carboxylic acids is 2. The van der Waals surface area contributed by atoms with Crippen molar-refractivity contribution in [3.8, 4) is 11.8 Å². The predicted octanol–water partition coefficient (Wildman–Crippen LogP) is 4.05. The summed E-state index contributed by atoms with van der Waals surface area (Å²) in [5.41, 5.74) is 4.61. The number of aromatic nitrogens is 1. The third kappa shape index (κ3) is 8.49. The van der Waals surface area contributed by atoms with Crippen LogP contribution in [0.25, 0.3) is 10.9 Å². The fourth-order valence-electron chi connectivity index (χ4n) is 7.51. The van der Waals surface area contributed by atoms with E-state index in [2.05, 4.69) is 49.5 Å². The molecule has 2 aliphatic heterocycles. The van der Waals surface area contributed by atoms with E-state index < -0.39 is 21.7 Å².